The van der Waals surface area contributed by atoms with E-state index in [1.807, 2.05) is 0 Å². The smallest absolute Gasteiger partial charge is 0.303 e. The Kier molecular flexibility index (Phi) is 14.7. The summed E-state index contributed by atoms with van der Waals surface area (Å²) >= 11 is 0. The molecule has 146 valence electrons. The second-order valence-electron chi connectivity index (χ2n) is 7.04. The summed E-state index contributed by atoms with van der Waals surface area (Å²) in [6.45, 7) is 1.68. The molecule has 0 spiro atoms. The molecule has 4 heteroatoms. The molecule has 0 aliphatic carbocycles. The van der Waals surface area contributed by atoms with Gasteiger partial charge in [-0.05, 0) is 57.8 Å². The maximum Gasteiger partial charge on any atom is 0.303 e. The van der Waals surface area contributed by atoms with Crippen LogP contribution in [-0.2, 0) is 14.3 Å². The van der Waals surface area contributed by atoms with Crippen LogP contribution in [0.2, 0.25) is 0 Å². The highest BCUT2D eigenvalue weighted by atomic mass is 16.7. The first kappa shape index (κ1) is 22.2. The van der Waals surface area contributed by atoms with E-state index in [1.54, 1.807) is 0 Å². The number of carbonyl (C=O) groups is 1. The molecule has 1 aliphatic heterocycles. The molecule has 1 N–H and O–H groups in total. The molecule has 1 heterocycles. The van der Waals surface area contributed by atoms with Crippen LogP contribution in [0.25, 0.3) is 0 Å². The first-order valence-electron chi connectivity index (χ1n) is 10.4. The van der Waals surface area contributed by atoms with Gasteiger partial charge in [-0.25, -0.2) is 0 Å². The number of carboxylic acid groups (broad SMARTS) is 1. The van der Waals surface area contributed by atoms with E-state index in [2.05, 4.69) is 12.2 Å². The van der Waals surface area contributed by atoms with Crippen LogP contribution in [0.1, 0.15) is 96.3 Å². The van der Waals surface area contributed by atoms with Gasteiger partial charge >= 0.3 is 5.97 Å². The predicted octanol–water partition coefficient (Wildman–Crippen LogP) is 5.85. The number of rotatable bonds is 16. The molecular weight excluding hydrogens is 316 g/mol. The highest BCUT2D eigenvalue weighted by Crippen LogP contribution is 2.14. The maximum atomic E-state index is 10.4. The standard InChI is InChI=1S/C21H38O4/c22-20(23)16-12-10-8-6-4-2-1-3-5-7-9-11-14-18-24-21-17-13-15-19-25-21/h5,7,21H,1-4,6,8-19H2,(H,22,23). The van der Waals surface area contributed by atoms with Crippen LogP contribution in [0.15, 0.2) is 12.2 Å². The van der Waals surface area contributed by atoms with Crippen LogP contribution in [0.3, 0.4) is 0 Å². The maximum absolute atomic E-state index is 10.4. The Hall–Kier alpha value is -0.870. The molecule has 0 aromatic carbocycles. The van der Waals surface area contributed by atoms with Crippen molar-refractivity contribution in [2.75, 3.05) is 13.2 Å². The summed E-state index contributed by atoms with van der Waals surface area (Å²) in [6, 6.07) is 0. The summed E-state index contributed by atoms with van der Waals surface area (Å²) in [5.41, 5.74) is 0. The molecule has 1 saturated heterocycles. The minimum atomic E-state index is -0.669. The van der Waals surface area contributed by atoms with Crippen LogP contribution >= 0.6 is 0 Å². The summed E-state index contributed by atoms with van der Waals surface area (Å²) in [6.07, 6.45) is 21.3. The van der Waals surface area contributed by atoms with Crippen molar-refractivity contribution in [2.45, 2.75) is 103 Å². The van der Waals surface area contributed by atoms with E-state index in [0.717, 1.165) is 45.3 Å². The monoisotopic (exact) mass is 354 g/mol. The molecule has 0 aromatic heterocycles. The van der Waals surface area contributed by atoms with Crippen molar-refractivity contribution in [2.24, 2.45) is 0 Å². The zero-order valence-corrected chi connectivity index (χ0v) is 15.9. The summed E-state index contributed by atoms with van der Waals surface area (Å²) < 4.78 is 11.3. The molecule has 0 saturated carbocycles. The highest BCUT2D eigenvalue weighted by molar-refractivity contribution is 5.66. The molecule has 1 atom stereocenters. The van der Waals surface area contributed by atoms with Gasteiger partial charge in [-0.1, -0.05) is 44.3 Å². The average Bonchev–Trinajstić information content (AvgIpc) is 2.62. The molecule has 4 nitrogen and oxygen atoms in total. The first-order valence-corrected chi connectivity index (χ1v) is 10.4. The molecule has 25 heavy (non-hydrogen) atoms. The minimum Gasteiger partial charge on any atom is -0.481 e. The molecule has 1 aliphatic rings. The summed E-state index contributed by atoms with van der Waals surface area (Å²) in [4.78, 5) is 10.4. The number of carboxylic acids is 1. The number of allylic oxidation sites excluding steroid dienone is 2. The SMILES string of the molecule is O=C(O)CCCCCCCCCC=CCCCCOC1CCCCO1. The molecule has 0 aromatic rings. The quantitative estimate of drug-likeness (QED) is 0.279. The third-order valence-electron chi connectivity index (χ3n) is 4.63. The van der Waals surface area contributed by atoms with E-state index in [-0.39, 0.29) is 6.29 Å². The molecule has 1 unspecified atom stereocenters. The zero-order valence-electron chi connectivity index (χ0n) is 15.9. The van der Waals surface area contributed by atoms with Gasteiger partial charge < -0.3 is 14.6 Å². The van der Waals surface area contributed by atoms with Gasteiger partial charge in [-0.3, -0.25) is 4.79 Å². The van der Waals surface area contributed by atoms with Crippen LogP contribution in [0, 0.1) is 0 Å². The lowest BCUT2D eigenvalue weighted by Gasteiger charge is -2.22. The van der Waals surface area contributed by atoms with Crippen molar-refractivity contribution in [1.82, 2.24) is 0 Å². The van der Waals surface area contributed by atoms with Gasteiger partial charge in [-0.15, -0.1) is 0 Å². The normalized spacial score (nSPS) is 18.0. The van der Waals surface area contributed by atoms with Crippen molar-refractivity contribution in [3.05, 3.63) is 12.2 Å². The van der Waals surface area contributed by atoms with Crippen molar-refractivity contribution >= 4 is 5.97 Å². The summed E-state index contributed by atoms with van der Waals surface area (Å²) in [5, 5.41) is 8.55. The minimum absolute atomic E-state index is 0.0569. The topological polar surface area (TPSA) is 55.8 Å². The van der Waals surface area contributed by atoms with E-state index < -0.39 is 5.97 Å². The van der Waals surface area contributed by atoms with Gasteiger partial charge in [0, 0.05) is 19.6 Å². The molecule has 0 amide bonds. The number of aliphatic carboxylic acids is 1. The lowest BCUT2D eigenvalue weighted by molar-refractivity contribution is -0.162. The molecule has 1 fully saturated rings. The Morgan fingerprint density at radius 3 is 2.20 bits per heavy atom. The van der Waals surface area contributed by atoms with Crippen molar-refractivity contribution in [1.29, 1.82) is 0 Å². The van der Waals surface area contributed by atoms with Crippen molar-refractivity contribution < 1.29 is 19.4 Å². The Morgan fingerprint density at radius 1 is 0.920 bits per heavy atom. The Morgan fingerprint density at radius 2 is 1.56 bits per heavy atom. The van der Waals surface area contributed by atoms with Gasteiger partial charge in [-0.2, -0.15) is 0 Å². The fourth-order valence-electron chi connectivity index (χ4n) is 3.08. The van der Waals surface area contributed by atoms with E-state index in [0.29, 0.717) is 6.42 Å². The van der Waals surface area contributed by atoms with Crippen molar-refractivity contribution in [3.8, 4) is 0 Å². The van der Waals surface area contributed by atoms with Gasteiger partial charge in [0.2, 0.25) is 0 Å². The predicted molar refractivity (Wildman–Crippen MR) is 102 cm³/mol. The van der Waals surface area contributed by atoms with E-state index >= 15 is 0 Å². The summed E-state index contributed by atoms with van der Waals surface area (Å²) in [7, 11) is 0. The van der Waals surface area contributed by atoms with E-state index in [4.69, 9.17) is 14.6 Å². The lowest BCUT2D eigenvalue weighted by atomic mass is 10.1. The second kappa shape index (κ2) is 16.6. The third-order valence-corrected chi connectivity index (χ3v) is 4.63. The largest absolute Gasteiger partial charge is 0.481 e. The Bertz CT molecular complexity index is 335. The van der Waals surface area contributed by atoms with Gasteiger partial charge in [0.05, 0.1) is 0 Å². The number of hydrogen-bond acceptors (Lipinski definition) is 3. The van der Waals surface area contributed by atoms with Crippen LogP contribution in [-0.4, -0.2) is 30.6 Å². The fourth-order valence-corrected chi connectivity index (χ4v) is 3.08. The molecule has 0 radical (unpaired) electrons. The molecule has 1 rings (SSSR count). The van der Waals surface area contributed by atoms with Crippen molar-refractivity contribution in [3.63, 3.8) is 0 Å². The second-order valence-corrected chi connectivity index (χ2v) is 7.04. The Balaban J connectivity index is 1.73. The average molecular weight is 355 g/mol. The zero-order chi connectivity index (χ0) is 18.0. The Labute approximate surface area is 154 Å². The van der Waals surface area contributed by atoms with E-state index in [1.165, 1.54) is 57.8 Å². The van der Waals surface area contributed by atoms with E-state index in [9.17, 15) is 4.79 Å². The van der Waals surface area contributed by atoms with Gasteiger partial charge in [0.1, 0.15) is 0 Å². The fraction of sp³-hybridized carbons (Fsp3) is 0.857. The highest BCUT2D eigenvalue weighted by Gasteiger charge is 2.12. The van der Waals surface area contributed by atoms with Gasteiger partial charge in [0.25, 0.3) is 0 Å². The number of hydrogen-bond donors (Lipinski definition) is 1. The summed E-state index contributed by atoms with van der Waals surface area (Å²) in [5.74, 6) is -0.669. The third kappa shape index (κ3) is 15.1. The van der Waals surface area contributed by atoms with Crippen LogP contribution in [0.5, 0.6) is 0 Å². The van der Waals surface area contributed by atoms with Gasteiger partial charge in [0.15, 0.2) is 6.29 Å². The number of ether oxygens (including phenoxy) is 2. The number of unbranched alkanes of at least 4 members (excludes halogenated alkanes) is 9. The first-order chi connectivity index (χ1) is 12.3. The molecule has 0 bridgehead atoms. The lowest BCUT2D eigenvalue weighted by Crippen LogP contribution is -2.22. The molecular formula is C21H38O4. The van der Waals surface area contributed by atoms with Crippen LogP contribution < -0.4 is 0 Å². The van der Waals surface area contributed by atoms with Crippen LogP contribution in [0.4, 0.5) is 0 Å².